The lowest BCUT2D eigenvalue weighted by atomic mass is 9.93. The van der Waals surface area contributed by atoms with E-state index in [-0.39, 0.29) is 12.0 Å². The summed E-state index contributed by atoms with van der Waals surface area (Å²) in [5.74, 6) is 1.15. The summed E-state index contributed by atoms with van der Waals surface area (Å²) >= 11 is 6.21. The summed E-state index contributed by atoms with van der Waals surface area (Å²) in [4.78, 5) is 2.26. The molecule has 3 nitrogen and oxygen atoms in total. The first-order valence-electron chi connectivity index (χ1n) is 6.86. The monoisotopic (exact) mass is 282 g/mol. The van der Waals surface area contributed by atoms with Crippen molar-refractivity contribution in [1.82, 2.24) is 4.90 Å². The molecule has 1 aliphatic rings. The largest absolute Gasteiger partial charge is 0.507 e. The molecule has 0 bridgehead atoms. The van der Waals surface area contributed by atoms with Crippen LogP contribution in [-0.2, 0) is 0 Å². The first kappa shape index (κ1) is 14.6. The molecular weight excluding hydrogens is 260 g/mol. The van der Waals surface area contributed by atoms with Crippen molar-refractivity contribution in [1.29, 1.82) is 0 Å². The Morgan fingerprint density at radius 3 is 2.68 bits per heavy atom. The predicted molar refractivity (Wildman–Crippen MR) is 79.7 cm³/mol. The van der Waals surface area contributed by atoms with Gasteiger partial charge in [0, 0.05) is 23.2 Å². The van der Waals surface area contributed by atoms with Crippen LogP contribution in [0.4, 0.5) is 0 Å². The number of hydrogen-bond acceptors (Lipinski definition) is 3. The highest BCUT2D eigenvalue weighted by atomic mass is 35.5. The van der Waals surface area contributed by atoms with E-state index < -0.39 is 0 Å². The zero-order chi connectivity index (χ0) is 14.2. The average Bonchev–Trinajstić information content (AvgIpc) is 2.72. The lowest BCUT2D eigenvalue weighted by molar-refractivity contribution is 0.305. The zero-order valence-corrected chi connectivity index (χ0v) is 12.6. The fourth-order valence-corrected chi connectivity index (χ4v) is 3.21. The minimum Gasteiger partial charge on any atom is -0.507 e. The maximum Gasteiger partial charge on any atom is 0.123 e. The molecule has 3 N–H and O–H groups in total. The number of aromatic hydroxyl groups is 1. The van der Waals surface area contributed by atoms with Gasteiger partial charge in [0.1, 0.15) is 5.75 Å². The summed E-state index contributed by atoms with van der Waals surface area (Å²) < 4.78 is 0. The maximum atomic E-state index is 10.5. The quantitative estimate of drug-likeness (QED) is 0.895. The molecule has 1 fully saturated rings. The molecule has 0 aromatic heterocycles. The van der Waals surface area contributed by atoms with Crippen molar-refractivity contribution in [2.24, 2.45) is 11.7 Å². The third kappa shape index (κ3) is 2.88. The minimum atomic E-state index is 0.213. The Kier molecular flexibility index (Phi) is 4.39. The van der Waals surface area contributed by atoms with Crippen LogP contribution in [0.5, 0.6) is 5.75 Å². The molecule has 2 atom stereocenters. The van der Waals surface area contributed by atoms with Gasteiger partial charge in [-0.1, -0.05) is 25.4 Å². The molecule has 0 saturated carbocycles. The molecule has 1 heterocycles. The van der Waals surface area contributed by atoms with Gasteiger partial charge in [-0.2, -0.15) is 0 Å². The Bertz CT molecular complexity index is 462. The fourth-order valence-electron chi connectivity index (χ4n) is 2.98. The van der Waals surface area contributed by atoms with Crippen molar-refractivity contribution in [2.45, 2.75) is 32.2 Å². The number of halogens is 1. The molecule has 0 amide bonds. The molecule has 1 aliphatic heterocycles. The molecule has 19 heavy (non-hydrogen) atoms. The molecule has 4 heteroatoms. The van der Waals surface area contributed by atoms with Crippen LogP contribution in [0.1, 0.15) is 43.4 Å². The van der Waals surface area contributed by atoms with Gasteiger partial charge in [0.2, 0.25) is 0 Å². The average molecular weight is 283 g/mol. The summed E-state index contributed by atoms with van der Waals surface area (Å²) in [6.07, 6.45) is 0.985. The van der Waals surface area contributed by atoms with Crippen LogP contribution in [0.2, 0.25) is 5.02 Å². The van der Waals surface area contributed by atoms with E-state index in [1.54, 1.807) is 0 Å². The SMILES string of the molecule is CC(C)c1cc(Cl)cc(C2CC(CN)CN2C)c1O. The molecular formula is C15H23ClN2O. The van der Waals surface area contributed by atoms with E-state index in [1.165, 1.54) is 0 Å². The Hall–Kier alpha value is -0.770. The summed E-state index contributed by atoms with van der Waals surface area (Å²) in [5.41, 5.74) is 7.63. The van der Waals surface area contributed by atoms with Crippen molar-refractivity contribution in [3.8, 4) is 5.75 Å². The van der Waals surface area contributed by atoms with Gasteiger partial charge >= 0.3 is 0 Å². The van der Waals surface area contributed by atoms with Gasteiger partial charge in [-0.3, -0.25) is 4.90 Å². The highest BCUT2D eigenvalue weighted by molar-refractivity contribution is 6.30. The number of nitrogens with two attached hydrogens (primary N) is 1. The third-order valence-electron chi connectivity index (χ3n) is 4.08. The van der Waals surface area contributed by atoms with E-state index >= 15 is 0 Å². The summed E-state index contributed by atoms with van der Waals surface area (Å²) in [6, 6.07) is 3.97. The maximum absolute atomic E-state index is 10.5. The van der Waals surface area contributed by atoms with Crippen LogP contribution in [-0.4, -0.2) is 30.1 Å². The van der Waals surface area contributed by atoms with Gasteiger partial charge in [-0.25, -0.2) is 0 Å². The Labute approximate surface area is 120 Å². The first-order valence-corrected chi connectivity index (χ1v) is 7.24. The van der Waals surface area contributed by atoms with Crippen LogP contribution in [0.3, 0.4) is 0 Å². The van der Waals surface area contributed by atoms with Gasteiger partial charge in [0.25, 0.3) is 0 Å². The van der Waals surface area contributed by atoms with Crippen molar-refractivity contribution >= 4 is 11.6 Å². The van der Waals surface area contributed by atoms with Crippen LogP contribution in [0, 0.1) is 5.92 Å². The standard InChI is InChI=1S/C15H23ClN2O/c1-9(2)12-5-11(16)6-13(15(12)19)14-4-10(7-17)8-18(14)3/h5-6,9-10,14,19H,4,7-8,17H2,1-3H3. The van der Waals surface area contributed by atoms with Crippen LogP contribution in [0.25, 0.3) is 0 Å². The van der Waals surface area contributed by atoms with Gasteiger partial charge in [0.05, 0.1) is 0 Å². The normalized spacial score (nSPS) is 24.3. The summed E-state index contributed by atoms with van der Waals surface area (Å²) in [6.45, 7) is 5.80. The molecule has 0 aliphatic carbocycles. The van der Waals surface area contributed by atoms with Gasteiger partial charge in [-0.15, -0.1) is 0 Å². The minimum absolute atomic E-state index is 0.213. The second-order valence-electron chi connectivity index (χ2n) is 5.88. The van der Waals surface area contributed by atoms with E-state index in [4.69, 9.17) is 17.3 Å². The summed E-state index contributed by atoms with van der Waals surface area (Å²) in [5, 5.41) is 11.2. The number of hydrogen-bond donors (Lipinski definition) is 2. The van der Waals surface area contributed by atoms with Crippen molar-refractivity contribution < 1.29 is 5.11 Å². The first-order chi connectivity index (χ1) is 8.93. The topological polar surface area (TPSA) is 49.5 Å². The highest BCUT2D eigenvalue weighted by Gasteiger charge is 2.32. The second-order valence-corrected chi connectivity index (χ2v) is 6.32. The van der Waals surface area contributed by atoms with Crippen molar-refractivity contribution in [3.63, 3.8) is 0 Å². The van der Waals surface area contributed by atoms with Crippen molar-refractivity contribution in [3.05, 3.63) is 28.3 Å². The number of benzene rings is 1. The van der Waals surface area contributed by atoms with E-state index in [0.717, 1.165) is 24.1 Å². The van der Waals surface area contributed by atoms with E-state index in [2.05, 4.69) is 25.8 Å². The van der Waals surface area contributed by atoms with Crippen molar-refractivity contribution in [2.75, 3.05) is 20.1 Å². The molecule has 0 spiro atoms. The van der Waals surface area contributed by atoms with E-state index in [0.29, 0.717) is 23.2 Å². The van der Waals surface area contributed by atoms with E-state index in [9.17, 15) is 5.11 Å². The number of phenols is 1. The molecule has 1 saturated heterocycles. The van der Waals surface area contributed by atoms with Crippen LogP contribution < -0.4 is 5.73 Å². The number of phenolic OH excluding ortho intramolecular Hbond substituents is 1. The number of nitrogens with zero attached hydrogens (tertiary/aromatic N) is 1. The molecule has 106 valence electrons. The lowest BCUT2D eigenvalue weighted by Crippen LogP contribution is -2.20. The molecule has 0 radical (unpaired) electrons. The molecule has 2 rings (SSSR count). The number of rotatable bonds is 3. The van der Waals surface area contributed by atoms with E-state index in [1.807, 2.05) is 12.1 Å². The fraction of sp³-hybridized carbons (Fsp3) is 0.600. The van der Waals surface area contributed by atoms with Gasteiger partial charge < -0.3 is 10.8 Å². The second kappa shape index (κ2) is 5.70. The smallest absolute Gasteiger partial charge is 0.123 e. The van der Waals surface area contributed by atoms with Crippen LogP contribution in [0.15, 0.2) is 12.1 Å². The van der Waals surface area contributed by atoms with Crippen LogP contribution >= 0.6 is 11.6 Å². The third-order valence-corrected chi connectivity index (χ3v) is 4.30. The number of likely N-dealkylation sites (tertiary alicyclic amines) is 1. The van der Waals surface area contributed by atoms with Gasteiger partial charge in [0.15, 0.2) is 0 Å². The molecule has 1 aromatic carbocycles. The predicted octanol–water partition coefficient (Wildman–Crippen LogP) is 3.12. The zero-order valence-electron chi connectivity index (χ0n) is 11.9. The Morgan fingerprint density at radius 1 is 1.47 bits per heavy atom. The molecule has 2 unspecified atom stereocenters. The highest BCUT2D eigenvalue weighted by Crippen LogP contribution is 2.42. The van der Waals surface area contributed by atoms with Gasteiger partial charge in [-0.05, 0) is 49.5 Å². The summed E-state index contributed by atoms with van der Waals surface area (Å²) in [7, 11) is 2.08. The Balaban J connectivity index is 2.40. The Morgan fingerprint density at radius 2 is 2.16 bits per heavy atom. The lowest BCUT2D eigenvalue weighted by Gasteiger charge is -2.23. The molecule has 1 aromatic rings.